The summed E-state index contributed by atoms with van der Waals surface area (Å²) < 4.78 is 0. The van der Waals surface area contributed by atoms with Crippen LogP contribution in [0.4, 0.5) is 0 Å². The van der Waals surface area contributed by atoms with Gasteiger partial charge in [-0.1, -0.05) is 59.8 Å². The maximum atomic E-state index is 3.86. The average Bonchev–Trinajstić information content (AvgIpc) is 2.33. The van der Waals surface area contributed by atoms with E-state index in [1.54, 1.807) is 0 Å². The van der Waals surface area contributed by atoms with Crippen LogP contribution in [0.5, 0.6) is 0 Å². The Hall–Kier alpha value is -0.0400. The number of hydrogen-bond acceptors (Lipinski definition) is 1. The van der Waals surface area contributed by atoms with E-state index in [0.717, 1.165) is 23.8 Å². The van der Waals surface area contributed by atoms with Gasteiger partial charge in [0.2, 0.25) is 0 Å². The third-order valence-electron chi connectivity index (χ3n) is 4.71. The van der Waals surface area contributed by atoms with Gasteiger partial charge in [-0.05, 0) is 43.6 Å². The highest BCUT2D eigenvalue weighted by atomic mass is 14.9. The van der Waals surface area contributed by atoms with Gasteiger partial charge in [0, 0.05) is 6.04 Å². The summed E-state index contributed by atoms with van der Waals surface area (Å²) in [6.45, 7) is 10.7. The molecule has 0 aromatic rings. The second kappa shape index (κ2) is 8.96. The fourth-order valence-corrected chi connectivity index (χ4v) is 3.45. The first-order valence-corrected chi connectivity index (χ1v) is 8.38. The van der Waals surface area contributed by atoms with Crippen LogP contribution in [0.15, 0.2) is 0 Å². The van der Waals surface area contributed by atoms with Gasteiger partial charge in [-0.25, -0.2) is 0 Å². The van der Waals surface area contributed by atoms with Gasteiger partial charge in [-0.2, -0.15) is 0 Å². The average molecular weight is 253 g/mol. The van der Waals surface area contributed by atoms with Crippen molar-refractivity contribution in [1.82, 2.24) is 5.32 Å². The Labute approximate surface area is 115 Å². The lowest BCUT2D eigenvalue weighted by Crippen LogP contribution is -2.43. The second-order valence-corrected chi connectivity index (χ2v) is 6.80. The summed E-state index contributed by atoms with van der Waals surface area (Å²) in [6, 6.07) is 0.792. The van der Waals surface area contributed by atoms with Crippen molar-refractivity contribution in [2.45, 2.75) is 85.1 Å². The predicted octanol–water partition coefficient (Wildman–Crippen LogP) is 5.01. The molecule has 1 saturated carbocycles. The fourth-order valence-electron chi connectivity index (χ4n) is 3.45. The van der Waals surface area contributed by atoms with Gasteiger partial charge >= 0.3 is 0 Å². The summed E-state index contributed by atoms with van der Waals surface area (Å²) in [7, 11) is 0. The topological polar surface area (TPSA) is 12.0 Å². The van der Waals surface area contributed by atoms with Gasteiger partial charge in [0.1, 0.15) is 0 Å². The molecule has 1 rings (SSSR count). The molecule has 18 heavy (non-hydrogen) atoms. The molecule has 0 aromatic carbocycles. The number of hydrogen-bond donors (Lipinski definition) is 1. The summed E-state index contributed by atoms with van der Waals surface area (Å²) in [5.74, 6) is 2.68. The molecule has 108 valence electrons. The molecule has 1 heteroatoms. The van der Waals surface area contributed by atoms with E-state index in [1.165, 1.54) is 57.9 Å². The van der Waals surface area contributed by atoms with Gasteiger partial charge in [0.15, 0.2) is 0 Å². The molecule has 0 amide bonds. The molecule has 1 nitrogen and oxygen atoms in total. The van der Waals surface area contributed by atoms with E-state index < -0.39 is 0 Å². The number of unbranched alkanes of at least 4 members (excludes halogenated alkanes) is 4. The van der Waals surface area contributed by atoms with E-state index in [9.17, 15) is 0 Å². The first-order valence-electron chi connectivity index (χ1n) is 8.38. The van der Waals surface area contributed by atoms with Crippen molar-refractivity contribution in [3.05, 3.63) is 0 Å². The third-order valence-corrected chi connectivity index (χ3v) is 4.71. The van der Waals surface area contributed by atoms with Crippen LogP contribution in [0.2, 0.25) is 0 Å². The molecule has 0 spiro atoms. The van der Waals surface area contributed by atoms with Crippen molar-refractivity contribution in [3.63, 3.8) is 0 Å². The SMILES string of the molecule is CCCCCCCNC1CC(C)CCC1C(C)C. The van der Waals surface area contributed by atoms with Crippen molar-refractivity contribution in [2.24, 2.45) is 17.8 Å². The molecule has 0 radical (unpaired) electrons. The third kappa shape index (κ3) is 5.73. The Bertz CT molecular complexity index is 200. The van der Waals surface area contributed by atoms with E-state index in [2.05, 4.69) is 33.0 Å². The Morgan fingerprint density at radius 1 is 1.06 bits per heavy atom. The smallest absolute Gasteiger partial charge is 0.0100 e. The second-order valence-electron chi connectivity index (χ2n) is 6.80. The van der Waals surface area contributed by atoms with Gasteiger partial charge in [0.05, 0.1) is 0 Å². The normalized spacial score (nSPS) is 28.8. The van der Waals surface area contributed by atoms with E-state index >= 15 is 0 Å². The molecule has 3 unspecified atom stereocenters. The van der Waals surface area contributed by atoms with Crippen molar-refractivity contribution in [3.8, 4) is 0 Å². The molecule has 0 aliphatic heterocycles. The van der Waals surface area contributed by atoms with Crippen LogP contribution in [0.25, 0.3) is 0 Å². The highest BCUT2D eigenvalue weighted by Gasteiger charge is 2.29. The summed E-state index contributed by atoms with van der Waals surface area (Å²) in [6.07, 6.45) is 11.2. The lowest BCUT2D eigenvalue weighted by atomic mass is 9.74. The van der Waals surface area contributed by atoms with Crippen LogP contribution in [0.3, 0.4) is 0 Å². The van der Waals surface area contributed by atoms with Crippen LogP contribution in [-0.2, 0) is 0 Å². The van der Waals surface area contributed by atoms with E-state index in [0.29, 0.717) is 0 Å². The zero-order chi connectivity index (χ0) is 13.4. The van der Waals surface area contributed by atoms with Crippen molar-refractivity contribution in [2.75, 3.05) is 6.54 Å². The molecule has 1 aliphatic rings. The number of rotatable bonds is 8. The Kier molecular flexibility index (Phi) is 7.97. The van der Waals surface area contributed by atoms with Gasteiger partial charge in [-0.3, -0.25) is 0 Å². The first-order chi connectivity index (χ1) is 8.65. The van der Waals surface area contributed by atoms with Crippen molar-refractivity contribution < 1.29 is 0 Å². The van der Waals surface area contributed by atoms with Crippen LogP contribution in [0.1, 0.15) is 79.1 Å². The van der Waals surface area contributed by atoms with Crippen LogP contribution >= 0.6 is 0 Å². The molecule has 1 fully saturated rings. The largest absolute Gasteiger partial charge is 0.314 e. The van der Waals surface area contributed by atoms with Crippen LogP contribution < -0.4 is 5.32 Å². The molecule has 1 N–H and O–H groups in total. The summed E-state index contributed by atoms with van der Waals surface area (Å²) in [5.41, 5.74) is 0. The van der Waals surface area contributed by atoms with E-state index in [1.807, 2.05) is 0 Å². The van der Waals surface area contributed by atoms with Gasteiger partial charge < -0.3 is 5.32 Å². The van der Waals surface area contributed by atoms with Gasteiger partial charge in [0.25, 0.3) is 0 Å². The standard InChI is InChI=1S/C17H35N/c1-5-6-7-8-9-12-18-17-13-15(4)10-11-16(17)14(2)3/h14-18H,5-13H2,1-4H3. The molecule has 0 saturated heterocycles. The Morgan fingerprint density at radius 3 is 2.44 bits per heavy atom. The first kappa shape index (κ1) is 16.0. The van der Waals surface area contributed by atoms with E-state index in [-0.39, 0.29) is 0 Å². The monoisotopic (exact) mass is 253 g/mol. The van der Waals surface area contributed by atoms with Crippen molar-refractivity contribution >= 4 is 0 Å². The lowest BCUT2D eigenvalue weighted by Gasteiger charge is -2.38. The maximum Gasteiger partial charge on any atom is 0.0100 e. The zero-order valence-corrected chi connectivity index (χ0v) is 13.2. The highest BCUT2D eigenvalue weighted by molar-refractivity contribution is 4.85. The van der Waals surface area contributed by atoms with Crippen LogP contribution in [0, 0.1) is 17.8 Å². The molecule has 0 aromatic heterocycles. The summed E-state index contributed by atoms with van der Waals surface area (Å²) >= 11 is 0. The minimum atomic E-state index is 0.792. The quantitative estimate of drug-likeness (QED) is 0.600. The minimum absolute atomic E-state index is 0.792. The molecular weight excluding hydrogens is 218 g/mol. The molecule has 0 bridgehead atoms. The van der Waals surface area contributed by atoms with Gasteiger partial charge in [-0.15, -0.1) is 0 Å². The highest BCUT2D eigenvalue weighted by Crippen LogP contribution is 2.33. The molecule has 0 heterocycles. The molecule has 1 aliphatic carbocycles. The zero-order valence-electron chi connectivity index (χ0n) is 13.2. The predicted molar refractivity (Wildman–Crippen MR) is 81.9 cm³/mol. The lowest BCUT2D eigenvalue weighted by molar-refractivity contribution is 0.170. The molecule has 3 atom stereocenters. The fraction of sp³-hybridized carbons (Fsp3) is 1.00. The molecular formula is C17H35N. The summed E-state index contributed by atoms with van der Waals surface area (Å²) in [4.78, 5) is 0. The maximum absolute atomic E-state index is 3.86. The van der Waals surface area contributed by atoms with Crippen LogP contribution in [-0.4, -0.2) is 12.6 Å². The Balaban J connectivity index is 2.20. The Morgan fingerprint density at radius 2 is 1.78 bits per heavy atom. The number of nitrogens with one attached hydrogen (secondary N) is 1. The summed E-state index contributed by atoms with van der Waals surface area (Å²) in [5, 5.41) is 3.86. The van der Waals surface area contributed by atoms with E-state index in [4.69, 9.17) is 0 Å². The minimum Gasteiger partial charge on any atom is -0.314 e. The van der Waals surface area contributed by atoms with Crippen molar-refractivity contribution in [1.29, 1.82) is 0 Å².